The number of carbonyl (C=O) groups is 1. The highest BCUT2D eigenvalue weighted by Crippen LogP contribution is 2.32. The Morgan fingerprint density at radius 2 is 1.74 bits per heavy atom. The summed E-state index contributed by atoms with van der Waals surface area (Å²) >= 11 is 0. The van der Waals surface area contributed by atoms with Crippen LogP contribution in [0.15, 0.2) is 18.2 Å². The summed E-state index contributed by atoms with van der Waals surface area (Å²) in [6.07, 6.45) is 0. The Hall–Kier alpha value is -1.77. The Balaban J connectivity index is 3.14. The van der Waals surface area contributed by atoms with Crippen molar-refractivity contribution in [2.75, 3.05) is 0 Å². The predicted molar refractivity (Wildman–Crippen MR) is 58.1 cm³/mol. The molecule has 0 N–H and O–H groups in total. The molecule has 0 fully saturated rings. The summed E-state index contributed by atoms with van der Waals surface area (Å²) in [6, 6.07) is 3.52. The number of hydrogen-bond acceptors (Lipinski definition) is 5. The summed E-state index contributed by atoms with van der Waals surface area (Å²) in [5.74, 6) is -1.34. The first kappa shape index (κ1) is 15.3. The number of rotatable bonds is 3. The zero-order valence-electron chi connectivity index (χ0n) is 9.82. The van der Waals surface area contributed by atoms with Crippen molar-refractivity contribution in [1.29, 1.82) is 0 Å². The fraction of sp³-hybridized carbons (Fsp3) is 0.300. The van der Waals surface area contributed by atoms with Crippen LogP contribution in [0.2, 0.25) is 0 Å². The van der Waals surface area contributed by atoms with Crippen LogP contribution in [0.5, 0.6) is 11.5 Å². The van der Waals surface area contributed by atoms with E-state index in [-0.39, 0.29) is 11.3 Å². The zero-order valence-corrected chi connectivity index (χ0v) is 10.6. The summed E-state index contributed by atoms with van der Waals surface area (Å²) in [5, 5.41) is 0. The second-order valence-electron chi connectivity index (χ2n) is 3.46. The second-order valence-corrected chi connectivity index (χ2v) is 4.99. The monoisotopic (exact) mass is 298 g/mol. The number of ether oxygens (including phenoxy) is 1. The van der Waals surface area contributed by atoms with Gasteiger partial charge in [-0.3, -0.25) is 4.79 Å². The van der Waals surface area contributed by atoms with Crippen molar-refractivity contribution in [2.45, 2.75) is 19.4 Å². The highest BCUT2D eigenvalue weighted by molar-refractivity contribution is 7.88. The molecule has 0 radical (unpaired) electrons. The molecular weight excluding hydrogens is 289 g/mol. The standard InChI is InChI=1S/C10H9F3O5S/c1-6-8(17-7(2)14)4-3-5-9(6)18-19(15,16)10(11,12)13/h3-5H,1-2H3. The number of benzene rings is 1. The first-order valence-corrected chi connectivity index (χ1v) is 6.24. The van der Waals surface area contributed by atoms with E-state index in [1.54, 1.807) is 0 Å². The van der Waals surface area contributed by atoms with Crippen molar-refractivity contribution in [1.82, 2.24) is 0 Å². The van der Waals surface area contributed by atoms with E-state index in [2.05, 4.69) is 4.18 Å². The number of hydrogen-bond donors (Lipinski definition) is 0. The predicted octanol–water partition coefficient (Wildman–Crippen LogP) is 2.15. The fourth-order valence-electron chi connectivity index (χ4n) is 1.12. The average molecular weight is 298 g/mol. The fourth-order valence-corrected chi connectivity index (χ4v) is 1.63. The molecule has 1 aromatic rings. The number of alkyl halides is 3. The van der Waals surface area contributed by atoms with Gasteiger partial charge in [-0.1, -0.05) is 6.07 Å². The van der Waals surface area contributed by atoms with Crippen LogP contribution in [0.25, 0.3) is 0 Å². The van der Waals surface area contributed by atoms with Crippen LogP contribution in [0, 0.1) is 6.92 Å². The SMILES string of the molecule is CC(=O)Oc1cccc(OS(=O)(=O)C(F)(F)F)c1C. The van der Waals surface area contributed by atoms with Gasteiger partial charge in [-0.05, 0) is 19.1 Å². The minimum atomic E-state index is -5.76. The summed E-state index contributed by atoms with van der Waals surface area (Å²) in [7, 11) is -5.76. The van der Waals surface area contributed by atoms with E-state index >= 15 is 0 Å². The lowest BCUT2D eigenvalue weighted by atomic mass is 10.2. The van der Waals surface area contributed by atoms with Gasteiger partial charge in [0.2, 0.25) is 0 Å². The zero-order chi connectivity index (χ0) is 14.8. The van der Waals surface area contributed by atoms with Gasteiger partial charge in [-0.2, -0.15) is 21.6 Å². The number of carbonyl (C=O) groups excluding carboxylic acids is 1. The van der Waals surface area contributed by atoms with Crippen molar-refractivity contribution >= 4 is 16.1 Å². The Kier molecular flexibility index (Phi) is 4.09. The molecule has 0 saturated heterocycles. The number of esters is 1. The third kappa shape index (κ3) is 3.60. The summed E-state index contributed by atoms with van der Waals surface area (Å²) in [5.41, 5.74) is -5.57. The molecule has 0 aliphatic carbocycles. The molecule has 0 aliphatic rings. The van der Waals surface area contributed by atoms with Gasteiger partial charge in [0, 0.05) is 12.5 Å². The van der Waals surface area contributed by atoms with Crippen LogP contribution in [0.4, 0.5) is 13.2 Å². The summed E-state index contributed by atoms with van der Waals surface area (Å²) < 4.78 is 66.9. The van der Waals surface area contributed by atoms with Crippen LogP contribution in [-0.2, 0) is 14.9 Å². The molecule has 0 heterocycles. The van der Waals surface area contributed by atoms with Gasteiger partial charge in [0.05, 0.1) is 0 Å². The maximum absolute atomic E-state index is 12.2. The normalized spacial score (nSPS) is 12.1. The molecule has 106 valence electrons. The molecule has 0 aliphatic heterocycles. The van der Waals surface area contributed by atoms with E-state index in [1.165, 1.54) is 19.1 Å². The highest BCUT2D eigenvalue weighted by Gasteiger charge is 2.48. The van der Waals surface area contributed by atoms with Gasteiger partial charge in [0.25, 0.3) is 0 Å². The van der Waals surface area contributed by atoms with E-state index < -0.39 is 27.3 Å². The molecular formula is C10H9F3O5S. The van der Waals surface area contributed by atoms with Crippen LogP contribution in [-0.4, -0.2) is 19.9 Å². The molecule has 0 atom stereocenters. The average Bonchev–Trinajstić information content (AvgIpc) is 2.21. The lowest BCUT2D eigenvalue weighted by Crippen LogP contribution is -2.28. The van der Waals surface area contributed by atoms with Crippen molar-refractivity contribution < 1.29 is 35.3 Å². The van der Waals surface area contributed by atoms with E-state index in [0.717, 1.165) is 13.0 Å². The Bertz CT molecular complexity index is 592. The van der Waals surface area contributed by atoms with Crippen molar-refractivity contribution in [3.8, 4) is 11.5 Å². The molecule has 1 rings (SSSR count). The minimum absolute atomic E-state index is 0.0366. The molecule has 19 heavy (non-hydrogen) atoms. The number of halogens is 3. The molecule has 0 aromatic heterocycles. The molecule has 0 bridgehead atoms. The summed E-state index contributed by atoms with van der Waals surface area (Å²) in [6.45, 7) is 2.36. The smallest absolute Gasteiger partial charge is 0.426 e. The van der Waals surface area contributed by atoms with Gasteiger partial charge in [0.15, 0.2) is 0 Å². The van der Waals surface area contributed by atoms with Crippen LogP contribution >= 0.6 is 0 Å². The lowest BCUT2D eigenvalue weighted by Gasteiger charge is -2.13. The molecule has 5 nitrogen and oxygen atoms in total. The van der Waals surface area contributed by atoms with Gasteiger partial charge in [-0.15, -0.1) is 0 Å². The second kappa shape index (κ2) is 5.08. The first-order valence-electron chi connectivity index (χ1n) is 4.83. The topological polar surface area (TPSA) is 69.7 Å². The third-order valence-corrected chi connectivity index (χ3v) is 2.94. The maximum Gasteiger partial charge on any atom is 0.534 e. The van der Waals surface area contributed by atoms with E-state index in [4.69, 9.17) is 4.74 Å². The van der Waals surface area contributed by atoms with Crippen molar-refractivity contribution in [3.63, 3.8) is 0 Å². The van der Waals surface area contributed by atoms with Crippen LogP contribution < -0.4 is 8.92 Å². The Morgan fingerprint density at radius 3 is 2.21 bits per heavy atom. The van der Waals surface area contributed by atoms with E-state index in [1.807, 2.05) is 0 Å². The van der Waals surface area contributed by atoms with Gasteiger partial charge in [0.1, 0.15) is 11.5 Å². The first-order chi connectivity index (χ1) is 8.54. The molecule has 9 heteroatoms. The molecule has 0 unspecified atom stereocenters. The van der Waals surface area contributed by atoms with E-state index in [9.17, 15) is 26.4 Å². The largest absolute Gasteiger partial charge is 0.534 e. The van der Waals surface area contributed by atoms with Crippen molar-refractivity contribution in [2.24, 2.45) is 0 Å². The molecule has 0 amide bonds. The van der Waals surface area contributed by atoms with Gasteiger partial charge < -0.3 is 8.92 Å². The minimum Gasteiger partial charge on any atom is -0.426 e. The lowest BCUT2D eigenvalue weighted by molar-refractivity contribution is -0.131. The third-order valence-electron chi connectivity index (χ3n) is 1.97. The molecule has 0 saturated carbocycles. The maximum atomic E-state index is 12.2. The van der Waals surface area contributed by atoms with E-state index in [0.29, 0.717) is 0 Å². The summed E-state index contributed by atoms with van der Waals surface area (Å²) in [4.78, 5) is 10.8. The van der Waals surface area contributed by atoms with Crippen LogP contribution in [0.3, 0.4) is 0 Å². The Labute approximate surface area is 107 Å². The van der Waals surface area contributed by atoms with Gasteiger partial charge >= 0.3 is 21.6 Å². The molecule has 0 spiro atoms. The molecule has 1 aromatic carbocycles. The van der Waals surface area contributed by atoms with Gasteiger partial charge in [-0.25, -0.2) is 0 Å². The Morgan fingerprint density at radius 1 is 1.21 bits per heavy atom. The van der Waals surface area contributed by atoms with Crippen LogP contribution in [0.1, 0.15) is 12.5 Å². The quantitative estimate of drug-likeness (QED) is 0.370. The van der Waals surface area contributed by atoms with Crippen molar-refractivity contribution in [3.05, 3.63) is 23.8 Å². The highest BCUT2D eigenvalue weighted by atomic mass is 32.2.